The Morgan fingerprint density at radius 3 is 3.00 bits per heavy atom. The van der Waals surface area contributed by atoms with Crippen LogP contribution in [0.15, 0.2) is 4.99 Å². The second-order valence-corrected chi connectivity index (χ2v) is 4.44. The van der Waals surface area contributed by atoms with Crippen LogP contribution < -0.4 is 5.32 Å². The molecule has 0 amide bonds. The molecule has 0 aromatic heterocycles. The van der Waals surface area contributed by atoms with Gasteiger partial charge in [-0.1, -0.05) is 13.8 Å². The van der Waals surface area contributed by atoms with Gasteiger partial charge in [0.25, 0.3) is 0 Å². The Morgan fingerprint density at radius 2 is 2.25 bits per heavy atom. The van der Waals surface area contributed by atoms with Gasteiger partial charge in [0.2, 0.25) is 0 Å². The number of fused-ring (bicyclic) bond motifs is 1. The van der Waals surface area contributed by atoms with Crippen molar-refractivity contribution in [2.45, 2.75) is 45.2 Å². The molecule has 0 aromatic rings. The van der Waals surface area contributed by atoms with Crippen LogP contribution in [0.25, 0.3) is 0 Å². The lowest BCUT2D eigenvalue weighted by Crippen LogP contribution is -2.39. The Bertz CT molecular complexity index is 186. The van der Waals surface area contributed by atoms with Crippen molar-refractivity contribution in [1.82, 2.24) is 5.32 Å². The Hall–Kier alpha value is -0.530. The summed E-state index contributed by atoms with van der Waals surface area (Å²) in [6.45, 7) is 4.67. The number of rotatable bonds is 1. The van der Waals surface area contributed by atoms with E-state index < -0.39 is 0 Å². The maximum atomic E-state index is 4.42. The van der Waals surface area contributed by atoms with E-state index in [4.69, 9.17) is 0 Å². The summed E-state index contributed by atoms with van der Waals surface area (Å²) in [5, 5.41) is 3.35. The van der Waals surface area contributed by atoms with Crippen molar-refractivity contribution in [2.75, 3.05) is 0 Å². The van der Waals surface area contributed by atoms with Gasteiger partial charge in [0.1, 0.15) is 0 Å². The Balaban J connectivity index is 1.94. The van der Waals surface area contributed by atoms with Crippen molar-refractivity contribution in [2.24, 2.45) is 16.8 Å². The molecule has 0 aromatic carbocycles. The maximum Gasteiger partial charge on any atom is 0.0831 e. The smallest absolute Gasteiger partial charge is 0.0831 e. The summed E-state index contributed by atoms with van der Waals surface area (Å²) < 4.78 is 0. The molecule has 1 N–H and O–H groups in total. The van der Waals surface area contributed by atoms with Gasteiger partial charge in [-0.25, -0.2) is 0 Å². The van der Waals surface area contributed by atoms with Crippen molar-refractivity contribution >= 4 is 6.34 Å². The molecule has 0 radical (unpaired) electrons. The largest absolute Gasteiger partial charge is 0.372 e. The molecule has 0 saturated heterocycles. The number of aliphatic imine (C=N–C) groups is 1. The SMILES string of the molecule is CC(C)C1CCC2N=CNC2C1. The zero-order valence-electron chi connectivity index (χ0n) is 7.96. The van der Waals surface area contributed by atoms with E-state index in [1.165, 1.54) is 19.3 Å². The van der Waals surface area contributed by atoms with Gasteiger partial charge < -0.3 is 5.32 Å². The Labute approximate surface area is 74.5 Å². The maximum absolute atomic E-state index is 4.42. The first-order chi connectivity index (χ1) is 5.77. The van der Waals surface area contributed by atoms with E-state index in [-0.39, 0.29) is 0 Å². The highest BCUT2D eigenvalue weighted by Crippen LogP contribution is 2.32. The van der Waals surface area contributed by atoms with E-state index in [1.54, 1.807) is 0 Å². The summed E-state index contributed by atoms with van der Waals surface area (Å²) >= 11 is 0. The summed E-state index contributed by atoms with van der Waals surface area (Å²) in [6.07, 6.45) is 5.88. The van der Waals surface area contributed by atoms with E-state index >= 15 is 0 Å². The third-order valence-corrected chi connectivity index (χ3v) is 3.35. The molecular formula is C10H18N2. The molecule has 2 heteroatoms. The van der Waals surface area contributed by atoms with Crippen LogP contribution in [0.4, 0.5) is 0 Å². The highest BCUT2D eigenvalue weighted by atomic mass is 15.1. The van der Waals surface area contributed by atoms with Crippen LogP contribution in [0, 0.1) is 11.8 Å². The summed E-state index contributed by atoms with van der Waals surface area (Å²) in [4.78, 5) is 4.42. The molecule has 3 unspecified atom stereocenters. The van der Waals surface area contributed by atoms with Gasteiger partial charge in [0.15, 0.2) is 0 Å². The summed E-state index contributed by atoms with van der Waals surface area (Å²) in [5.41, 5.74) is 0. The topological polar surface area (TPSA) is 24.4 Å². The minimum Gasteiger partial charge on any atom is -0.372 e. The predicted octanol–water partition coefficient (Wildman–Crippen LogP) is 1.81. The van der Waals surface area contributed by atoms with Crippen molar-refractivity contribution in [3.63, 3.8) is 0 Å². The number of nitrogens with one attached hydrogen (secondary N) is 1. The number of hydrogen-bond donors (Lipinski definition) is 1. The normalized spacial score (nSPS) is 39.8. The van der Waals surface area contributed by atoms with Gasteiger partial charge >= 0.3 is 0 Å². The molecule has 1 aliphatic carbocycles. The van der Waals surface area contributed by atoms with Crippen LogP contribution in [0.5, 0.6) is 0 Å². The zero-order chi connectivity index (χ0) is 8.55. The fraction of sp³-hybridized carbons (Fsp3) is 0.900. The lowest BCUT2D eigenvalue weighted by molar-refractivity contribution is 0.233. The van der Waals surface area contributed by atoms with Crippen LogP contribution in [-0.4, -0.2) is 18.4 Å². The van der Waals surface area contributed by atoms with Crippen LogP contribution in [0.3, 0.4) is 0 Å². The number of hydrogen-bond acceptors (Lipinski definition) is 2. The average molecular weight is 166 g/mol. The molecule has 0 spiro atoms. The third kappa shape index (κ3) is 1.35. The van der Waals surface area contributed by atoms with Gasteiger partial charge in [-0.3, -0.25) is 4.99 Å². The fourth-order valence-electron chi connectivity index (χ4n) is 2.38. The summed E-state index contributed by atoms with van der Waals surface area (Å²) in [5.74, 6) is 1.76. The average Bonchev–Trinajstić information content (AvgIpc) is 2.49. The van der Waals surface area contributed by atoms with Crippen LogP contribution >= 0.6 is 0 Å². The Kier molecular flexibility index (Phi) is 2.07. The lowest BCUT2D eigenvalue weighted by Gasteiger charge is -2.32. The molecule has 2 nitrogen and oxygen atoms in total. The molecule has 12 heavy (non-hydrogen) atoms. The fourth-order valence-corrected chi connectivity index (χ4v) is 2.38. The first-order valence-corrected chi connectivity index (χ1v) is 5.05. The van der Waals surface area contributed by atoms with E-state index in [2.05, 4.69) is 24.2 Å². The highest BCUT2D eigenvalue weighted by Gasteiger charge is 2.32. The second-order valence-electron chi connectivity index (χ2n) is 4.44. The molecular weight excluding hydrogens is 148 g/mol. The molecule has 1 saturated carbocycles. The highest BCUT2D eigenvalue weighted by molar-refractivity contribution is 5.58. The van der Waals surface area contributed by atoms with Gasteiger partial charge in [-0.2, -0.15) is 0 Å². The lowest BCUT2D eigenvalue weighted by atomic mass is 9.77. The quantitative estimate of drug-likeness (QED) is 0.631. The Morgan fingerprint density at radius 1 is 1.42 bits per heavy atom. The minimum atomic E-state index is 0.597. The van der Waals surface area contributed by atoms with E-state index in [9.17, 15) is 0 Å². The van der Waals surface area contributed by atoms with Crippen molar-refractivity contribution in [3.8, 4) is 0 Å². The molecule has 0 bridgehead atoms. The molecule has 2 rings (SSSR count). The molecule has 1 fully saturated rings. The minimum absolute atomic E-state index is 0.597. The monoisotopic (exact) mass is 166 g/mol. The van der Waals surface area contributed by atoms with Gasteiger partial charge in [0, 0.05) is 6.04 Å². The molecule has 68 valence electrons. The first kappa shape index (κ1) is 8.09. The molecule has 1 heterocycles. The summed E-state index contributed by atoms with van der Waals surface area (Å²) in [6, 6.07) is 1.26. The van der Waals surface area contributed by atoms with Crippen molar-refractivity contribution in [3.05, 3.63) is 0 Å². The zero-order valence-corrected chi connectivity index (χ0v) is 7.96. The van der Waals surface area contributed by atoms with Gasteiger partial charge in [-0.15, -0.1) is 0 Å². The molecule has 2 aliphatic rings. The molecule has 3 atom stereocenters. The van der Waals surface area contributed by atoms with E-state index in [0.717, 1.165) is 11.8 Å². The second kappa shape index (κ2) is 3.08. The van der Waals surface area contributed by atoms with E-state index in [0.29, 0.717) is 12.1 Å². The van der Waals surface area contributed by atoms with Crippen LogP contribution in [-0.2, 0) is 0 Å². The van der Waals surface area contributed by atoms with Crippen LogP contribution in [0.2, 0.25) is 0 Å². The molecule has 1 aliphatic heterocycles. The van der Waals surface area contributed by atoms with Crippen LogP contribution in [0.1, 0.15) is 33.1 Å². The van der Waals surface area contributed by atoms with Gasteiger partial charge in [0.05, 0.1) is 12.4 Å². The van der Waals surface area contributed by atoms with Gasteiger partial charge in [-0.05, 0) is 31.1 Å². The standard InChI is InChI=1S/C10H18N2/c1-7(2)8-3-4-9-10(5-8)12-6-11-9/h6-10H,3-5H2,1-2H3,(H,11,12). The first-order valence-electron chi connectivity index (χ1n) is 5.05. The van der Waals surface area contributed by atoms with Crippen molar-refractivity contribution < 1.29 is 0 Å². The summed E-state index contributed by atoms with van der Waals surface area (Å²) in [7, 11) is 0. The van der Waals surface area contributed by atoms with E-state index in [1.807, 2.05) is 6.34 Å². The third-order valence-electron chi connectivity index (χ3n) is 3.35. The predicted molar refractivity (Wildman–Crippen MR) is 51.4 cm³/mol. The number of nitrogens with zero attached hydrogens (tertiary/aromatic N) is 1. The van der Waals surface area contributed by atoms with Crippen molar-refractivity contribution in [1.29, 1.82) is 0 Å².